The summed E-state index contributed by atoms with van der Waals surface area (Å²) in [6, 6.07) is -0.818. The van der Waals surface area contributed by atoms with Crippen LogP contribution in [-0.2, 0) is 4.79 Å². The highest BCUT2D eigenvalue weighted by molar-refractivity contribution is 6.19. The number of fused-ring (bicyclic) bond motifs is 1. The summed E-state index contributed by atoms with van der Waals surface area (Å²) in [6.45, 7) is 0. The fourth-order valence-electron chi connectivity index (χ4n) is 1.30. The number of hydrogen-bond donors (Lipinski definition) is 0. The minimum atomic E-state index is -0.818. The minimum absolute atomic E-state index is 0.332. The monoisotopic (exact) mass is 190 g/mol. The van der Waals surface area contributed by atoms with Crippen molar-refractivity contribution in [3.05, 3.63) is 46.1 Å². The third kappa shape index (κ3) is 1.39. The Hall–Kier alpha value is -2.04. The first kappa shape index (κ1) is 8.55. The molecule has 5 nitrogen and oxygen atoms in total. The van der Waals surface area contributed by atoms with Crippen LogP contribution in [0.5, 0.6) is 0 Å². The van der Waals surface area contributed by atoms with Gasteiger partial charge in [0.05, 0.1) is 5.71 Å². The second-order valence-corrected chi connectivity index (χ2v) is 2.93. The fraction of sp³-hybridized carbons (Fsp3) is 0.111. The van der Waals surface area contributed by atoms with Gasteiger partial charge in [0.2, 0.25) is 0 Å². The van der Waals surface area contributed by atoms with Gasteiger partial charge < -0.3 is 0 Å². The van der Waals surface area contributed by atoms with E-state index in [0.29, 0.717) is 11.3 Å². The molecule has 1 atom stereocenters. The largest absolute Gasteiger partial charge is 0.270 e. The molecule has 1 heterocycles. The summed E-state index contributed by atoms with van der Waals surface area (Å²) in [5, 5.41) is 10.5. The van der Waals surface area contributed by atoms with Gasteiger partial charge in [0.15, 0.2) is 0 Å². The third-order valence-corrected chi connectivity index (χ3v) is 1.98. The van der Waals surface area contributed by atoms with Gasteiger partial charge in [-0.05, 0) is 18.2 Å². The summed E-state index contributed by atoms with van der Waals surface area (Å²) in [7, 11) is 0. The average Bonchev–Trinajstić information content (AvgIpc) is 2.16. The molecule has 1 amide bonds. The molecule has 1 unspecified atom stereocenters. The number of carbonyl (C=O) groups is 1. The first-order valence-electron chi connectivity index (χ1n) is 4.01. The maximum atomic E-state index is 10.9. The predicted octanol–water partition coefficient (Wildman–Crippen LogP) is 0.665. The van der Waals surface area contributed by atoms with Crippen LogP contribution in [0.4, 0.5) is 0 Å². The van der Waals surface area contributed by atoms with Crippen molar-refractivity contribution in [2.24, 2.45) is 4.99 Å². The average molecular weight is 190 g/mol. The molecule has 0 fully saturated rings. The zero-order valence-electron chi connectivity index (χ0n) is 7.08. The number of aliphatic imine (C=N–C) groups is 1. The molecular formula is C9H6N2O3. The predicted molar refractivity (Wildman–Crippen MR) is 49.6 cm³/mol. The van der Waals surface area contributed by atoms with Crippen LogP contribution < -0.4 is 0 Å². The Bertz CT molecular complexity index is 429. The van der Waals surface area contributed by atoms with Crippen molar-refractivity contribution in [2.45, 2.75) is 6.04 Å². The standard InChI is InChI=1S/C9H6N2O3/c12-9-4-1-6-5-7(11(13)14)2-3-8(6)10-9/h1-5,7H. The van der Waals surface area contributed by atoms with Crippen LogP contribution >= 0.6 is 0 Å². The van der Waals surface area contributed by atoms with Gasteiger partial charge in [-0.15, -0.1) is 0 Å². The van der Waals surface area contributed by atoms with Crippen molar-refractivity contribution in [1.29, 1.82) is 0 Å². The van der Waals surface area contributed by atoms with Gasteiger partial charge in [-0.25, -0.2) is 4.99 Å². The highest BCUT2D eigenvalue weighted by Crippen LogP contribution is 2.16. The molecule has 1 aliphatic heterocycles. The van der Waals surface area contributed by atoms with Crippen LogP contribution in [0.3, 0.4) is 0 Å². The molecule has 0 saturated carbocycles. The van der Waals surface area contributed by atoms with Gasteiger partial charge in [0.25, 0.3) is 11.9 Å². The molecule has 5 heteroatoms. The first-order chi connectivity index (χ1) is 6.66. The lowest BCUT2D eigenvalue weighted by atomic mass is 9.99. The van der Waals surface area contributed by atoms with E-state index in [1.54, 1.807) is 6.08 Å². The number of nitrogens with zero attached hydrogens (tertiary/aromatic N) is 2. The summed E-state index contributed by atoms with van der Waals surface area (Å²) >= 11 is 0. The molecule has 2 rings (SSSR count). The fourth-order valence-corrected chi connectivity index (χ4v) is 1.30. The van der Waals surface area contributed by atoms with Crippen LogP contribution in [0, 0.1) is 10.1 Å². The lowest BCUT2D eigenvalue weighted by Gasteiger charge is -2.11. The molecule has 0 aromatic rings. The first-order valence-corrected chi connectivity index (χ1v) is 4.01. The number of amides is 1. The van der Waals surface area contributed by atoms with E-state index in [1.807, 2.05) is 0 Å². The highest BCUT2D eigenvalue weighted by Gasteiger charge is 2.21. The van der Waals surface area contributed by atoms with Gasteiger partial charge in [-0.1, -0.05) is 0 Å². The third-order valence-electron chi connectivity index (χ3n) is 1.98. The molecule has 0 saturated heterocycles. The van der Waals surface area contributed by atoms with Crippen molar-refractivity contribution in [3.63, 3.8) is 0 Å². The Kier molecular flexibility index (Phi) is 1.85. The van der Waals surface area contributed by atoms with Crippen LogP contribution in [0.2, 0.25) is 0 Å². The van der Waals surface area contributed by atoms with Gasteiger partial charge in [-0.3, -0.25) is 14.9 Å². The topological polar surface area (TPSA) is 72.6 Å². The molecule has 0 radical (unpaired) electrons. The van der Waals surface area contributed by atoms with Crippen molar-refractivity contribution >= 4 is 11.6 Å². The molecule has 2 aliphatic rings. The lowest BCUT2D eigenvalue weighted by Crippen LogP contribution is -2.21. The number of dihydropyridines is 1. The van der Waals surface area contributed by atoms with Crippen molar-refractivity contribution in [3.8, 4) is 0 Å². The molecule has 0 aromatic carbocycles. The highest BCUT2D eigenvalue weighted by atomic mass is 16.6. The van der Waals surface area contributed by atoms with Crippen molar-refractivity contribution < 1.29 is 9.72 Å². The van der Waals surface area contributed by atoms with E-state index in [0.717, 1.165) is 0 Å². The summed E-state index contributed by atoms with van der Waals surface area (Å²) in [5.74, 6) is -0.332. The number of carbonyl (C=O) groups excluding carboxylic acids is 1. The van der Waals surface area contributed by atoms with Crippen LogP contribution in [-0.4, -0.2) is 22.6 Å². The van der Waals surface area contributed by atoms with E-state index in [1.165, 1.54) is 24.3 Å². The maximum Gasteiger partial charge on any atom is 0.270 e. The van der Waals surface area contributed by atoms with Gasteiger partial charge in [0.1, 0.15) is 0 Å². The summed E-state index contributed by atoms with van der Waals surface area (Å²) in [5.41, 5.74) is 1.13. The second kappa shape index (κ2) is 3.02. The SMILES string of the molecule is O=C1C=CC2=CC([N+](=O)[O-])C=CC2=N1. The van der Waals surface area contributed by atoms with Crippen LogP contribution in [0.1, 0.15) is 0 Å². The van der Waals surface area contributed by atoms with E-state index >= 15 is 0 Å². The number of nitro groups is 1. The molecule has 0 bridgehead atoms. The molecule has 14 heavy (non-hydrogen) atoms. The molecule has 0 N–H and O–H groups in total. The smallest absolute Gasteiger partial charge is 0.267 e. The minimum Gasteiger partial charge on any atom is -0.267 e. The molecule has 0 aromatic heterocycles. The van der Waals surface area contributed by atoms with Gasteiger partial charge in [-0.2, -0.15) is 0 Å². The van der Waals surface area contributed by atoms with Crippen molar-refractivity contribution in [1.82, 2.24) is 0 Å². The summed E-state index contributed by atoms with van der Waals surface area (Å²) < 4.78 is 0. The molecule has 70 valence electrons. The molecule has 0 spiro atoms. The number of hydrogen-bond acceptors (Lipinski definition) is 3. The summed E-state index contributed by atoms with van der Waals surface area (Å²) in [6.07, 6.45) is 7.23. The van der Waals surface area contributed by atoms with E-state index < -0.39 is 11.0 Å². The Labute approximate surface area is 79.3 Å². The second-order valence-electron chi connectivity index (χ2n) is 2.93. The zero-order valence-corrected chi connectivity index (χ0v) is 7.08. The summed E-state index contributed by atoms with van der Waals surface area (Å²) in [4.78, 5) is 24.6. The van der Waals surface area contributed by atoms with Gasteiger partial charge >= 0.3 is 0 Å². The molecular weight excluding hydrogens is 184 g/mol. The van der Waals surface area contributed by atoms with E-state index in [-0.39, 0.29) is 5.91 Å². The van der Waals surface area contributed by atoms with Crippen LogP contribution in [0.25, 0.3) is 0 Å². The van der Waals surface area contributed by atoms with E-state index in [9.17, 15) is 14.9 Å². The van der Waals surface area contributed by atoms with Gasteiger partial charge in [0, 0.05) is 22.6 Å². The van der Waals surface area contributed by atoms with Crippen molar-refractivity contribution in [2.75, 3.05) is 0 Å². The van der Waals surface area contributed by atoms with E-state index in [4.69, 9.17) is 0 Å². The zero-order chi connectivity index (χ0) is 10.1. The van der Waals surface area contributed by atoms with Crippen LogP contribution in [0.15, 0.2) is 40.9 Å². The van der Waals surface area contributed by atoms with E-state index in [2.05, 4.69) is 4.99 Å². The maximum absolute atomic E-state index is 10.9. The number of allylic oxidation sites excluding steroid dienone is 3. The molecule has 1 aliphatic carbocycles. The quantitative estimate of drug-likeness (QED) is 0.450. The Morgan fingerprint density at radius 1 is 1.36 bits per heavy atom. The Morgan fingerprint density at radius 2 is 2.14 bits per heavy atom. The number of rotatable bonds is 1. The normalized spacial score (nSPS) is 24.0. The lowest BCUT2D eigenvalue weighted by molar-refractivity contribution is -0.496. The Morgan fingerprint density at radius 3 is 2.86 bits per heavy atom. The Balaban J connectivity index is 2.36.